The quantitative estimate of drug-likeness (QED) is 0.341. The number of ether oxygens (including phenoxy) is 1. The minimum Gasteiger partial charge on any atom is -0.394 e. The van der Waals surface area contributed by atoms with E-state index in [2.05, 4.69) is 6.92 Å². The number of hydrogen-bond acceptors (Lipinski definition) is 6. The van der Waals surface area contributed by atoms with Gasteiger partial charge >= 0.3 is 0 Å². The van der Waals surface area contributed by atoms with E-state index in [0.717, 1.165) is 19.3 Å². The van der Waals surface area contributed by atoms with E-state index < -0.39 is 43.2 Å². The highest BCUT2D eigenvalue weighted by molar-refractivity contribution is 4.95. The zero-order valence-corrected chi connectivity index (χ0v) is 14.8. The zero-order chi connectivity index (χ0) is 18.9. The average molecular weight is 349 g/mol. The molecule has 1 aliphatic rings. The first-order valence-electron chi connectivity index (χ1n) is 9.91. The van der Waals surface area contributed by atoms with E-state index >= 15 is 0 Å². The molecule has 144 valence electrons. The van der Waals surface area contributed by atoms with Gasteiger partial charge in [-0.15, -0.1) is 0 Å². The van der Waals surface area contributed by atoms with Gasteiger partial charge in [0.1, 0.15) is 24.4 Å². The molecular weight excluding hydrogens is 312 g/mol. The van der Waals surface area contributed by atoms with Crippen LogP contribution in [0.5, 0.6) is 0 Å². The van der Waals surface area contributed by atoms with Gasteiger partial charge in [-0.05, 0) is 6.40 Å². The molecule has 0 amide bonds. The Labute approximate surface area is 146 Å². The van der Waals surface area contributed by atoms with Gasteiger partial charge in [0.05, 0.1) is 6.61 Å². The molecule has 2 unspecified atom stereocenters. The molecule has 6 heteroatoms. The Balaban J connectivity index is 2.31. The normalized spacial score (nSPS) is 35.7. The lowest BCUT2D eigenvalue weighted by atomic mass is 9.89. The van der Waals surface area contributed by atoms with Crippen molar-refractivity contribution in [1.82, 2.24) is 0 Å². The summed E-state index contributed by atoms with van der Waals surface area (Å²) < 4.78 is 13.3. The van der Waals surface area contributed by atoms with E-state index in [0.29, 0.717) is 6.42 Å². The lowest BCUT2D eigenvalue weighted by molar-refractivity contribution is -0.351. The predicted octanol–water partition coefficient (Wildman–Crippen LogP) is 1.46. The van der Waals surface area contributed by atoms with Crippen molar-refractivity contribution in [2.24, 2.45) is 0 Å². The topological polar surface area (TPSA) is 110 Å². The van der Waals surface area contributed by atoms with Gasteiger partial charge in [-0.3, -0.25) is 0 Å². The molecule has 1 fully saturated rings. The summed E-state index contributed by atoms with van der Waals surface area (Å²) >= 11 is 0. The number of aliphatic hydroxyl groups is 5. The van der Waals surface area contributed by atoms with E-state index in [-0.39, 0.29) is 6.42 Å². The Bertz CT molecular complexity index is 356. The Kier molecular flexibility index (Phi) is 9.53. The molecule has 0 aliphatic carbocycles. The molecular formula is C18H36O6. The van der Waals surface area contributed by atoms with Gasteiger partial charge < -0.3 is 30.3 Å². The second-order valence-electron chi connectivity index (χ2n) is 6.87. The van der Waals surface area contributed by atoms with Crippen molar-refractivity contribution in [2.75, 3.05) is 6.61 Å². The molecule has 0 radical (unpaired) electrons. The molecule has 0 spiro atoms. The summed E-state index contributed by atoms with van der Waals surface area (Å²) in [7, 11) is 0. The van der Waals surface area contributed by atoms with Crippen LogP contribution in [0.25, 0.3) is 0 Å². The molecule has 5 N–H and O–H groups in total. The van der Waals surface area contributed by atoms with E-state index in [4.69, 9.17) is 6.11 Å². The van der Waals surface area contributed by atoms with Crippen LogP contribution in [0.3, 0.4) is 0 Å². The Morgan fingerprint density at radius 1 is 0.917 bits per heavy atom. The minimum atomic E-state index is -2.13. The molecule has 0 aromatic rings. The van der Waals surface area contributed by atoms with Crippen LogP contribution in [0, 0.1) is 0 Å². The second-order valence-corrected chi connectivity index (χ2v) is 6.87. The van der Waals surface area contributed by atoms with Crippen molar-refractivity contribution in [3.63, 3.8) is 0 Å². The van der Waals surface area contributed by atoms with Crippen molar-refractivity contribution >= 4 is 0 Å². The summed E-state index contributed by atoms with van der Waals surface area (Å²) in [4.78, 5) is 0. The van der Waals surface area contributed by atoms with Crippen LogP contribution in [-0.4, -0.2) is 62.3 Å². The lowest BCUT2D eigenvalue weighted by Gasteiger charge is -2.45. The molecule has 6 atom stereocenters. The van der Waals surface area contributed by atoms with Gasteiger partial charge in [0.25, 0.3) is 0 Å². The van der Waals surface area contributed by atoms with Crippen LogP contribution in [0.2, 0.25) is 0 Å². The summed E-state index contributed by atoms with van der Waals surface area (Å²) in [5.74, 6) is -2.13. The summed E-state index contributed by atoms with van der Waals surface area (Å²) in [6, 6.07) is 0. The third-order valence-electron chi connectivity index (χ3n) is 4.75. The van der Waals surface area contributed by atoms with Crippen LogP contribution < -0.4 is 0 Å². The molecule has 1 saturated heterocycles. The van der Waals surface area contributed by atoms with Gasteiger partial charge in [-0.25, -0.2) is 0 Å². The molecule has 24 heavy (non-hydrogen) atoms. The third kappa shape index (κ3) is 6.58. The number of aliphatic hydroxyl groups excluding tert-OH is 4. The smallest absolute Gasteiger partial charge is 0.195 e. The van der Waals surface area contributed by atoms with Crippen molar-refractivity contribution in [1.29, 1.82) is 0 Å². The number of hydrogen-bond donors (Lipinski definition) is 5. The number of unbranched alkanes of at least 4 members (excludes halogenated alkanes) is 7. The Morgan fingerprint density at radius 2 is 1.46 bits per heavy atom. The molecule has 1 aliphatic heterocycles. The van der Waals surface area contributed by atoms with Crippen LogP contribution in [-0.2, 0) is 4.74 Å². The van der Waals surface area contributed by atoms with Crippen LogP contribution in [0.1, 0.15) is 78.9 Å². The summed E-state index contributed by atoms with van der Waals surface area (Å²) in [6.07, 6.45) is 3.04. The molecule has 0 saturated carbocycles. The first kappa shape index (κ1) is 20.1. The molecule has 6 nitrogen and oxygen atoms in total. The highest BCUT2D eigenvalue weighted by Crippen LogP contribution is 2.32. The van der Waals surface area contributed by atoms with Gasteiger partial charge in [-0.1, -0.05) is 64.7 Å². The summed E-state index contributed by atoms with van der Waals surface area (Å²) in [5.41, 5.74) is 0. The highest BCUT2D eigenvalue weighted by atomic mass is 16.7. The fraction of sp³-hybridized carbons (Fsp3) is 1.00. The molecule has 0 bridgehead atoms. The van der Waals surface area contributed by atoms with E-state index in [1.807, 2.05) is 0 Å². The van der Waals surface area contributed by atoms with Crippen molar-refractivity contribution in [2.45, 2.75) is 108 Å². The first-order chi connectivity index (χ1) is 11.9. The van der Waals surface area contributed by atoms with Crippen molar-refractivity contribution in [3.8, 4) is 0 Å². The summed E-state index contributed by atoms with van der Waals surface area (Å²) in [5, 5.41) is 49.1. The standard InChI is InChI=1S/C18H36O6/c1-2-3-4-5-6-7-8-9-10-11-12-18(23)17(22)16(21)15(20)14(13-19)24-18/h14-17,19-23H,2-13H2,1H3/t14-,15-,16+,17-,18?/m1/s1/i11D/t11?,14-,15-,16+,17-,18?. The van der Waals surface area contributed by atoms with Crippen LogP contribution >= 0.6 is 0 Å². The van der Waals surface area contributed by atoms with E-state index in [9.17, 15) is 25.5 Å². The number of rotatable bonds is 12. The molecule has 0 aromatic carbocycles. The fourth-order valence-corrected chi connectivity index (χ4v) is 3.12. The highest BCUT2D eigenvalue weighted by Gasteiger charge is 2.51. The van der Waals surface area contributed by atoms with E-state index in [1.54, 1.807) is 0 Å². The predicted molar refractivity (Wildman–Crippen MR) is 91.4 cm³/mol. The maximum Gasteiger partial charge on any atom is 0.195 e. The zero-order valence-electron chi connectivity index (χ0n) is 15.8. The lowest BCUT2D eigenvalue weighted by Crippen LogP contribution is -2.65. The minimum absolute atomic E-state index is 0.176. The average Bonchev–Trinajstić information content (AvgIpc) is 2.59. The summed E-state index contributed by atoms with van der Waals surface area (Å²) in [6.45, 7) is 1.60. The SMILES string of the molecule is [2H]C(CCCCCCCCCC)CC1(O)O[C@H](CO)[C@@H](O)[C@H](O)[C@H]1O. The van der Waals surface area contributed by atoms with Gasteiger partial charge in [0.15, 0.2) is 5.79 Å². The van der Waals surface area contributed by atoms with Crippen LogP contribution in [0.4, 0.5) is 0 Å². The van der Waals surface area contributed by atoms with Gasteiger partial charge in [-0.2, -0.15) is 0 Å². The maximum absolute atomic E-state index is 10.4. The maximum atomic E-state index is 10.4. The van der Waals surface area contributed by atoms with E-state index in [1.165, 1.54) is 32.1 Å². The first-order valence-corrected chi connectivity index (χ1v) is 9.33. The van der Waals surface area contributed by atoms with Gasteiger partial charge in [0.2, 0.25) is 0 Å². The second kappa shape index (κ2) is 11.4. The molecule has 1 rings (SSSR count). The van der Waals surface area contributed by atoms with Crippen molar-refractivity contribution < 1.29 is 31.6 Å². The molecule has 1 heterocycles. The monoisotopic (exact) mass is 349 g/mol. The fourth-order valence-electron chi connectivity index (χ4n) is 3.12. The van der Waals surface area contributed by atoms with Crippen molar-refractivity contribution in [3.05, 3.63) is 0 Å². The largest absolute Gasteiger partial charge is 0.394 e. The van der Waals surface area contributed by atoms with Gasteiger partial charge in [0, 0.05) is 7.79 Å². The Hall–Kier alpha value is -0.240. The molecule has 0 aromatic heterocycles. The third-order valence-corrected chi connectivity index (χ3v) is 4.75. The Morgan fingerprint density at radius 3 is 2.00 bits per heavy atom. The van der Waals surface area contributed by atoms with Crippen LogP contribution in [0.15, 0.2) is 0 Å².